The molecule has 4 rings (SSSR count). The van der Waals surface area contributed by atoms with Gasteiger partial charge in [0.1, 0.15) is 11.3 Å². The molecule has 10 nitrogen and oxygen atoms in total. The van der Waals surface area contributed by atoms with E-state index in [0.29, 0.717) is 31.4 Å². The van der Waals surface area contributed by atoms with Gasteiger partial charge in [0.25, 0.3) is 0 Å². The van der Waals surface area contributed by atoms with Crippen molar-refractivity contribution in [3.05, 3.63) is 40.7 Å². The number of guanidine groups is 1. The van der Waals surface area contributed by atoms with Crippen molar-refractivity contribution in [3.63, 3.8) is 0 Å². The number of benzene rings is 1. The Hall–Kier alpha value is -3.08. The van der Waals surface area contributed by atoms with Crippen molar-refractivity contribution in [2.24, 2.45) is 5.73 Å². The number of rotatable bonds is 4. The second kappa shape index (κ2) is 6.58. The zero-order valence-electron chi connectivity index (χ0n) is 14.5. The summed E-state index contributed by atoms with van der Waals surface area (Å²) in [6.45, 7) is 1.47. The fourth-order valence-electron chi connectivity index (χ4n) is 3.45. The van der Waals surface area contributed by atoms with Crippen LogP contribution in [0.5, 0.6) is 5.75 Å². The lowest BCUT2D eigenvalue weighted by atomic mass is 9.78. The summed E-state index contributed by atoms with van der Waals surface area (Å²) in [7, 11) is -0.994. The van der Waals surface area contributed by atoms with Crippen molar-refractivity contribution < 1.29 is 19.6 Å². The van der Waals surface area contributed by atoms with E-state index in [1.807, 2.05) is 6.07 Å². The predicted octanol–water partition coefficient (Wildman–Crippen LogP) is -0.267. The van der Waals surface area contributed by atoms with Crippen LogP contribution in [0, 0.1) is 5.41 Å². The van der Waals surface area contributed by atoms with E-state index < -0.39 is 13.1 Å². The average molecular weight is 370 g/mol. The molecule has 0 radical (unpaired) electrons. The first-order valence-electron chi connectivity index (χ1n) is 8.64. The summed E-state index contributed by atoms with van der Waals surface area (Å²) in [5.41, 5.74) is 7.59. The number of nitrogens with zero attached hydrogens (tertiary/aromatic N) is 4. The molecule has 140 valence electrons. The molecule has 0 amide bonds. The van der Waals surface area contributed by atoms with Crippen molar-refractivity contribution in [3.8, 4) is 5.75 Å². The van der Waals surface area contributed by atoms with E-state index in [9.17, 15) is 14.9 Å². The van der Waals surface area contributed by atoms with Gasteiger partial charge in [0, 0.05) is 25.2 Å². The number of aryl methyl sites for hydroxylation is 1. The van der Waals surface area contributed by atoms with Crippen molar-refractivity contribution in [2.45, 2.75) is 25.2 Å². The highest BCUT2D eigenvalue weighted by Gasteiger charge is 2.32. The summed E-state index contributed by atoms with van der Waals surface area (Å²) >= 11 is 0. The highest BCUT2D eigenvalue weighted by Crippen LogP contribution is 2.33. The molecule has 1 aromatic heterocycles. The van der Waals surface area contributed by atoms with Gasteiger partial charge in [0.15, 0.2) is 5.96 Å². The van der Waals surface area contributed by atoms with Crippen LogP contribution >= 0.6 is 0 Å². The summed E-state index contributed by atoms with van der Waals surface area (Å²) in [6.07, 6.45) is 2.79. The fourth-order valence-corrected chi connectivity index (χ4v) is 3.45. The molecule has 2 aromatic rings. The second-order valence-corrected chi connectivity index (χ2v) is 6.83. The standard InChI is InChI=1S/C16H19BN6O4/c18-16(19)22-5-11(6-22)12-8-23(21-20-12)7-10-2-1-9-3-4-17(26)27-14(9)13(10)15(24)25/h1-2,8,11,26H,3-7H2,(H3,18,19)(H,24,25). The van der Waals surface area contributed by atoms with Crippen LogP contribution in [0.3, 0.4) is 0 Å². The number of carboxylic acid groups (broad SMARTS) is 1. The second-order valence-electron chi connectivity index (χ2n) is 6.83. The van der Waals surface area contributed by atoms with Crippen molar-refractivity contribution in [1.29, 1.82) is 5.41 Å². The molecule has 1 aromatic carbocycles. The molecular weight excluding hydrogens is 351 g/mol. The molecule has 0 saturated carbocycles. The van der Waals surface area contributed by atoms with E-state index in [1.165, 1.54) is 0 Å². The molecule has 2 aliphatic heterocycles. The fraction of sp³-hybridized carbons (Fsp3) is 0.375. The van der Waals surface area contributed by atoms with Gasteiger partial charge in [0.05, 0.1) is 12.2 Å². The summed E-state index contributed by atoms with van der Waals surface area (Å²) in [5.74, 6) is -0.674. The van der Waals surface area contributed by atoms with Crippen LogP contribution < -0.4 is 10.4 Å². The first-order chi connectivity index (χ1) is 12.9. The van der Waals surface area contributed by atoms with Gasteiger partial charge in [-0.2, -0.15) is 0 Å². The first-order valence-corrected chi connectivity index (χ1v) is 8.64. The minimum absolute atomic E-state index is 0.0426. The zero-order valence-corrected chi connectivity index (χ0v) is 14.5. The number of nitrogens with one attached hydrogen (secondary N) is 1. The third-order valence-electron chi connectivity index (χ3n) is 4.98. The minimum atomic E-state index is -1.10. The number of nitrogens with two attached hydrogens (primary N) is 1. The van der Waals surface area contributed by atoms with Crippen LogP contribution in [0.25, 0.3) is 0 Å². The SMILES string of the molecule is N=C(N)N1CC(c2cn(Cc3ccc4c(c3C(=O)O)OB(O)CC4)nn2)C1. The lowest BCUT2D eigenvalue weighted by Gasteiger charge is -2.38. The molecular formula is C16H19BN6O4. The average Bonchev–Trinajstić information content (AvgIpc) is 3.00. The van der Waals surface area contributed by atoms with E-state index in [2.05, 4.69) is 10.3 Å². The number of carboxylic acids is 1. The summed E-state index contributed by atoms with van der Waals surface area (Å²) < 4.78 is 6.98. The smallest absolute Gasteiger partial charge is 0.522 e. The lowest BCUT2D eigenvalue weighted by molar-refractivity contribution is 0.0693. The minimum Gasteiger partial charge on any atom is -0.535 e. The Morgan fingerprint density at radius 2 is 2.22 bits per heavy atom. The van der Waals surface area contributed by atoms with Gasteiger partial charge in [0.2, 0.25) is 0 Å². The predicted molar refractivity (Wildman–Crippen MR) is 95.9 cm³/mol. The molecule has 0 bridgehead atoms. The molecule has 0 aliphatic carbocycles. The van der Waals surface area contributed by atoms with Gasteiger partial charge in [-0.3, -0.25) is 5.41 Å². The number of hydrogen-bond donors (Lipinski definition) is 4. The quantitative estimate of drug-likeness (QED) is 0.326. The molecule has 1 saturated heterocycles. The van der Waals surface area contributed by atoms with E-state index in [-0.39, 0.29) is 29.7 Å². The molecule has 11 heteroatoms. The number of likely N-dealkylation sites (tertiary alicyclic amines) is 1. The zero-order chi connectivity index (χ0) is 19.1. The largest absolute Gasteiger partial charge is 0.535 e. The normalized spacial score (nSPS) is 16.5. The van der Waals surface area contributed by atoms with Gasteiger partial charge in [-0.1, -0.05) is 17.3 Å². The van der Waals surface area contributed by atoms with Crippen LogP contribution in [0.15, 0.2) is 18.3 Å². The van der Waals surface area contributed by atoms with Gasteiger partial charge >= 0.3 is 13.1 Å². The maximum Gasteiger partial charge on any atom is 0.522 e. The number of hydrogen-bond acceptors (Lipinski definition) is 6. The topological polar surface area (TPSA) is 151 Å². The molecule has 0 spiro atoms. The Balaban J connectivity index is 1.56. The molecule has 3 heterocycles. The summed E-state index contributed by atoms with van der Waals surface area (Å²) in [5, 5.41) is 35.0. The van der Waals surface area contributed by atoms with E-state index in [1.54, 1.807) is 21.8 Å². The molecule has 0 unspecified atom stereocenters. The molecule has 2 aliphatic rings. The third-order valence-corrected chi connectivity index (χ3v) is 4.98. The van der Waals surface area contributed by atoms with E-state index in [0.717, 1.165) is 11.3 Å². The van der Waals surface area contributed by atoms with Crippen LogP contribution in [-0.2, 0) is 13.0 Å². The number of aromatic nitrogens is 3. The lowest BCUT2D eigenvalue weighted by Crippen LogP contribution is -2.51. The number of carbonyl (C=O) groups is 1. The monoisotopic (exact) mass is 370 g/mol. The Bertz CT molecular complexity index is 910. The van der Waals surface area contributed by atoms with Crippen molar-refractivity contribution in [1.82, 2.24) is 19.9 Å². The van der Waals surface area contributed by atoms with Crippen molar-refractivity contribution in [2.75, 3.05) is 13.1 Å². The summed E-state index contributed by atoms with van der Waals surface area (Å²) in [6, 6.07) is 3.59. The Labute approximate surface area is 155 Å². The highest BCUT2D eigenvalue weighted by molar-refractivity contribution is 6.44. The number of aromatic carboxylic acids is 1. The van der Waals surface area contributed by atoms with E-state index >= 15 is 0 Å². The van der Waals surface area contributed by atoms with Crippen LogP contribution in [0.2, 0.25) is 6.32 Å². The van der Waals surface area contributed by atoms with Gasteiger partial charge in [-0.15, -0.1) is 5.10 Å². The molecule has 1 fully saturated rings. The van der Waals surface area contributed by atoms with Gasteiger partial charge < -0.3 is 25.4 Å². The van der Waals surface area contributed by atoms with Gasteiger partial charge in [-0.05, 0) is 23.9 Å². The van der Waals surface area contributed by atoms with Crippen LogP contribution in [0.1, 0.15) is 33.1 Å². The molecule has 0 atom stereocenters. The molecule has 27 heavy (non-hydrogen) atoms. The Morgan fingerprint density at radius 3 is 2.93 bits per heavy atom. The maximum absolute atomic E-state index is 11.8. The van der Waals surface area contributed by atoms with Gasteiger partial charge in [-0.25, -0.2) is 9.48 Å². The first kappa shape index (κ1) is 17.3. The third kappa shape index (κ3) is 3.21. The van der Waals surface area contributed by atoms with Crippen molar-refractivity contribution >= 4 is 19.0 Å². The Morgan fingerprint density at radius 1 is 1.44 bits per heavy atom. The highest BCUT2D eigenvalue weighted by atomic mass is 16.5. The maximum atomic E-state index is 11.8. The summed E-state index contributed by atoms with van der Waals surface area (Å²) in [4.78, 5) is 13.5. The molecule has 5 N–H and O–H groups in total. The van der Waals surface area contributed by atoms with Crippen LogP contribution in [-0.4, -0.2) is 62.2 Å². The van der Waals surface area contributed by atoms with E-state index in [4.69, 9.17) is 15.8 Å². The number of fused-ring (bicyclic) bond motifs is 1. The van der Waals surface area contributed by atoms with Crippen LogP contribution in [0.4, 0.5) is 0 Å². The Kier molecular flexibility index (Phi) is 4.23.